The van der Waals surface area contributed by atoms with Gasteiger partial charge in [0.2, 0.25) is 0 Å². The van der Waals surface area contributed by atoms with Crippen LogP contribution in [-0.4, -0.2) is 31.0 Å². The molecule has 0 radical (unpaired) electrons. The van der Waals surface area contributed by atoms with Crippen molar-refractivity contribution in [2.75, 3.05) is 20.2 Å². The van der Waals surface area contributed by atoms with Gasteiger partial charge in [0, 0.05) is 12.6 Å². The number of nitrogens with zero attached hydrogens (tertiary/aromatic N) is 1. The van der Waals surface area contributed by atoms with Crippen molar-refractivity contribution in [3.63, 3.8) is 0 Å². The van der Waals surface area contributed by atoms with E-state index in [1.807, 2.05) is 0 Å². The third-order valence-electron chi connectivity index (χ3n) is 3.33. The summed E-state index contributed by atoms with van der Waals surface area (Å²) in [6.45, 7) is 0.220. The van der Waals surface area contributed by atoms with Crippen molar-refractivity contribution in [1.82, 2.24) is 4.90 Å². The lowest BCUT2D eigenvalue weighted by atomic mass is 10.1. The molecule has 7 heteroatoms. The molecule has 3 nitrogen and oxygen atoms in total. The summed E-state index contributed by atoms with van der Waals surface area (Å²) in [5.74, 6) is -0.872. The minimum Gasteiger partial charge on any atom is -0.489 e. The van der Waals surface area contributed by atoms with Crippen molar-refractivity contribution in [3.05, 3.63) is 65.5 Å². The largest absolute Gasteiger partial charge is 0.489 e. The molecule has 0 fully saturated rings. The molecule has 0 aliphatic heterocycles. The molecule has 0 atom stereocenters. The van der Waals surface area contributed by atoms with E-state index in [1.165, 1.54) is 30.1 Å². The number of ether oxygens (including phenoxy) is 1. The van der Waals surface area contributed by atoms with Crippen LogP contribution in [0.3, 0.4) is 0 Å². The van der Waals surface area contributed by atoms with Crippen LogP contribution in [0.15, 0.2) is 48.5 Å². The van der Waals surface area contributed by atoms with Crippen molar-refractivity contribution >= 4 is 5.91 Å². The summed E-state index contributed by atoms with van der Waals surface area (Å²) in [5.41, 5.74) is -0.680. The number of rotatable bonds is 5. The Bertz CT molecular complexity index is 698. The zero-order chi connectivity index (χ0) is 17.7. The lowest BCUT2D eigenvalue weighted by Gasteiger charge is -2.18. The van der Waals surface area contributed by atoms with E-state index in [4.69, 9.17) is 4.74 Å². The van der Waals surface area contributed by atoms with Crippen molar-refractivity contribution in [3.8, 4) is 5.75 Å². The Morgan fingerprint density at radius 3 is 2.29 bits per heavy atom. The fourth-order valence-corrected chi connectivity index (χ4v) is 1.98. The van der Waals surface area contributed by atoms with Gasteiger partial charge in [0.15, 0.2) is 11.6 Å². The second-order valence-corrected chi connectivity index (χ2v) is 5.08. The summed E-state index contributed by atoms with van der Waals surface area (Å²) >= 11 is 0. The number of likely N-dealkylation sites (N-methyl/N-ethyl adjacent to an activating group) is 1. The molecule has 2 rings (SSSR count). The maximum absolute atomic E-state index is 13.4. The van der Waals surface area contributed by atoms with Gasteiger partial charge in [0.25, 0.3) is 5.91 Å². The minimum absolute atomic E-state index is 0.0593. The van der Waals surface area contributed by atoms with Gasteiger partial charge in [-0.25, -0.2) is 4.39 Å². The van der Waals surface area contributed by atoms with Gasteiger partial charge in [-0.2, -0.15) is 13.2 Å². The average Bonchev–Trinajstić information content (AvgIpc) is 2.55. The zero-order valence-corrected chi connectivity index (χ0v) is 12.8. The van der Waals surface area contributed by atoms with Gasteiger partial charge in [-0.15, -0.1) is 0 Å². The number of para-hydroxylation sites is 1. The topological polar surface area (TPSA) is 29.5 Å². The highest BCUT2D eigenvalue weighted by Gasteiger charge is 2.30. The summed E-state index contributed by atoms with van der Waals surface area (Å²) in [5, 5.41) is 0. The molecule has 0 N–H and O–H groups in total. The van der Waals surface area contributed by atoms with Crippen LogP contribution >= 0.6 is 0 Å². The fourth-order valence-electron chi connectivity index (χ4n) is 1.98. The predicted molar refractivity (Wildman–Crippen MR) is 80.3 cm³/mol. The third kappa shape index (κ3) is 4.47. The van der Waals surface area contributed by atoms with Crippen LogP contribution < -0.4 is 4.74 Å². The summed E-state index contributed by atoms with van der Waals surface area (Å²) in [6.07, 6.45) is -4.44. The molecule has 0 heterocycles. The quantitative estimate of drug-likeness (QED) is 0.770. The maximum Gasteiger partial charge on any atom is 0.416 e. The monoisotopic (exact) mass is 341 g/mol. The first-order valence-electron chi connectivity index (χ1n) is 7.09. The lowest BCUT2D eigenvalue weighted by molar-refractivity contribution is -0.137. The summed E-state index contributed by atoms with van der Waals surface area (Å²) in [6, 6.07) is 9.84. The van der Waals surface area contributed by atoms with Crippen LogP contribution in [0.4, 0.5) is 17.6 Å². The molecule has 0 saturated heterocycles. The second-order valence-electron chi connectivity index (χ2n) is 5.08. The van der Waals surface area contributed by atoms with E-state index < -0.39 is 23.5 Å². The van der Waals surface area contributed by atoms with Gasteiger partial charge in [0.1, 0.15) is 6.61 Å². The number of amides is 1. The van der Waals surface area contributed by atoms with Crippen LogP contribution in [0.5, 0.6) is 5.75 Å². The third-order valence-corrected chi connectivity index (χ3v) is 3.33. The predicted octanol–water partition coefficient (Wildman–Crippen LogP) is 4.00. The highest BCUT2D eigenvalue weighted by molar-refractivity contribution is 5.94. The molecule has 0 aromatic heterocycles. The first-order chi connectivity index (χ1) is 11.3. The Morgan fingerprint density at radius 1 is 1.08 bits per heavy atom. The zero-order valence-electron chi connectivity index (χ0n) is 12.8. The van der Waals surface area contributed by atoms with E-state index in [2.05, 4.69) is 0 Å². The highest BCUT2D eigenvalue weighted by Crippen LogP contribution is 2.29. The molecule has 0 saturated carbocycles. The molecule has 2 aromatic carbocycles. The number of hydrogen-bond donors (Lipinski definition) is 0. The molecule has 0 bridgehead atoms. The van der Waals surface area contributed by atoms with Gasteiger partial charge in [-0.1, -0.05) is 12.1 Å². The van der Waals surface area contributed by atoms with Crippen LogP contribution in [0.25, 0.3) is 0 Å². The van der Waals surface area contributed by atoms with Crippen molar-refractivity contribution in [2.45, 2.75) is 6.18 Å². The molecule has 0 aliphatic rings. The van der Waals surface area contributed by atoms with Crippen LogP contribution in [0, 0.1) is 5.82 Å². The summed E-state index contributed by atoms with van der Waals surface area (Å²) < 4.78 is 56.1. The molecule has 0 aliphatic carbocycles. The molecule has 0 spiro atoms. The van der Waals surface area contributed by atoms with E-state index in [1.54, 1.807) is 6.07 Å². The van der Waals surface area contributed by atoms with E-state index in [9.17, 15) is 22.4 Å². The van der Waals surface area contributed by atoms with E-state index in [0.717, 1.165) is 24.3 Å². The van der Waals surface area contributed by atoms with E-state index in [-0.39, 0.29) is 24.5 Å². The Kier molecular flexibility index (Phi) is 5.43. The Hall–Kier alpha value is -2.57. The van der Waals surface area contributed by atoms with E-state index in [0.29, 0.717) is 0 Å². The van der Waals surface area contributed by atoms with Crippen LogP contribution in [0.2, 0.25) is 0 Å². The first kappa shape index (κ1) is 17.8. The Balaban J connectivity index is 1.91. The van der Waals surface area contributed by atoms with Gasteiger partial charge in [-0.3, -0.25) is 4.79 Å². The Labute approximate surface area is 136 Å². The minimum atomic E-state index is -4.44. The molecular weight excluding hydrogens is 326 g/mol. The molecule has 24 heavy (non-hydrogen) atoms. The van der Waals surface area contributed by atoms with Gasteiger partial charge in [0.05, 0.1) is 12.1 Å². The smallest absolute Gasteiger partial charge is 0.416 e. The fraction of sp³-hybridized carbons (Fsp3) is 0.235. The molecule has 1 amide bonds. The van der Waals surface area contributed by atoms with Gasteiger partial charge >= 0.3 is 6.18 Å². The number of halogens is 4. The van der Waals surface area contributed by atoms with E-state index >= 15 is 0 Å². The van der Waals surface area contributed by atoms with Crippen LogP contribution in [0.1, 0.15) is 15.9 Å². The SMILES string of the molecule is CN(CCOc1ccccc1F)C(=O)c1ccc(C(F)(F)F)cc1. The highest BCUT2D eigenvalue weighted by atomic mass is 19.4. The number of carbonyl (C=O) groups excluding carboxylic acids is 1. The van der Waals surface area contributed by atoms with Crippen molar-refractivity contribution in [1.29, 1.82) is 0 Å². The number of carbonyl (C=O) groups is 1. The van der Waals surface area contributed by atoms with Crippen molar-refractivity contribution < 1.29 is 27.1 Å². The maximum atomic E-state index is 13.4. The van der Waals surface area contributed by atoms with Crippen molar-refractivity contribution in [2.24, 2.45) is 0 Å². The first-order valence-corrected chi connectivity index (χ1v) is 7.09. The lowest BCUT2D eigenvalue weighted by Crippen LogP contribution is -2.31. The normalized spacial score (nSPS) is 11.2. The van der Waals surface area contributed by atoms with Gasteiger partial charge in [-0.05, 0) is 36.4 Å². The number of hydrogen-bond acceptors (Lipinski definition) is 2. The standard InChI is InChI=1S/C17H15F4NO2/c1-22(10-11-24-15-5-3-2-4-14(15)18)16(23)12-6-8-13(9-7-12)17(19,20)21/h2-9H,10-11H2,1H3. The second kappa shape index (κ2) is 7.33. The van der Waals surface area contributed by atoms with Crippen LogP contribution in [-0.2, 0) is 6.18 Å². The number of alkyl halides is 3. The number of benzene rings is 2. The summed E-state index contributed by atoms with van der Waals surface area (Å²) in [7, 11) is 1.49. The molecule has 0 unspecified atom stereocenters. The molecular formula is C17H15F4NO2. The van der Waals surface area contributed by atoms with Gasteiger partial charge < -0.3 is 9.64 Å². The Morgan fingerprint density at radius 2 is 1.71 bits per heavy atom. The summed E-state index contributed by atoms with van der Waals surface area (Å²) in [4.78, 5) is 13.4. The average molecular weight is 341 g/mol. The molecule has 2 aromatic rings. The molecule has 128 valence electrons.